The average molecular weight is 171 g/mol. The van der Waals surface area contributed by atoms with E-state index in [1.165, 1.54) is 6.42 Å². The molecule has 3 nitrogen and oxygen atoms in total. The summed E-state index contributed by atoms with van der Waals surface area (Å²) in [5.41, 5.74) is 0. The van der Waals surface area contributed by atoms with E-state index in [-0.39, 0.29) is 6.04 Å². The van der Waals surface area contributed by atoms with Gasteiger partial charge in [0, 0.05) is 6.04 Å². The third-order valence-corrected chi connectivity index (χ3v) is 2.68. The Morgan fingerprint density at radius 2 is 2.33 bits per heavy atom. The molecule has 0 amide bonds. The van der Waals surface area contributed by atoms with Crippen LogP contribution in [0.3, 0.4) is 0 Å². The fraction of sp³-hybridized carbons (Fsp3) is 0.889. The molecule has 1 N–H and O–H groups in total. The van der Waals surface area contributed by atoms with Crippen LogP contribution >= 0.6 is 0 Å². The molecule has 1 fully saturated rings. The lowest BCUT2D eigenvalue weighted by Gasteiger charge is -2.34. The summed E-state index contributed by atoms with van der Waals surface area (Å²) in [5, 5.41) is 8.64. The topological polar surface area (TPSA) is 40.5 Å². The third kappa shape index (κ3) is 2.48. The van der Waals surface area contributed by atoms with E-state index in [0.717, 1.165) is 13.0 Å². The number of carboxylic acids is 1. The molecule has 0 aromatic rings. The molecule has 0 aromatic carbocycles. The van der Waals surface area contributed by atoms with Gasteiger partial charge < -0.3 is 10.0 Å². The molecule has 70 valence electrons. The van der Waals surface area contributed by atoms with Gasteiger partial charge in [0.05, 0.1) is 6.42 Å². The number of likely N-dealkylation sites (tertiary alicyclic amines) is 1. The minimum Gasteiger partial charge on any atom is -0.481 e. The Hall–Kier alpha value is -0.570. The highest BCUT2D eigenvalue weighted by atomic mass is 16.4. The number of nitrogens with zero attached hydrogens (tertiary/aromatic N) is 1. The van der Waals surface area contributed by atoms with Crippen LogP contribution in [0.4, 0.5) is 0 Å². The van der Waals surface area contributed by atoms with Gasteiger partial charge in [-0.1, -0.05) is 6.92 Å². The van der Waals surface area contributed by atoms with Gasteiger partial charge in [-0.3, -0.25) is 4.79 Å². The zero-order valence-corrected chi connectivity index (χ0v) is 7.79. The summed E-state index contributed by atoms with van der Waals surface area (Å²) in [6, 6.07) is 0.256. The van der Waals surface area contributed by atoms with Gasteiger partial charge in [-0.25, -0.2) is 0 Å². The molecule has 3 heteroatoms. The van der Waals surface area contributed by atoms with Crippen LogP contribution in [-0.2, 0) is 4.79 Å². The molecule has 2 unspecified atom stereocenters. The van der Waals surface area contributed by atoms with Crippen LogP contribution in [0.1, 0.15) is 26.2 Å². The van der Waals surface area contributed by atoms with Crippen molar-refractivity contribution in [1.82, 2.24) is 4.90 Å². The van der Waals surface area contributed by atoms with Crippen LogP contribution in [0.2, 0.25) is 0 Å². The lowest BCUT2D eigenvalue weighted by Crippen LogP contribution is -2.40. The second kappa shape index (κ2) is 3.90. The average Bonchev–Trinajstić information content (AvgIpc) is 1.96. The first-order valence-corrected chi connectivity index (χ1v) is 4.51. The van der Waals surface area contributed by atoms with Crippen molar-refractivity contribution in [3.8, 4) is 0 Å². The van der Waals surface area contributed by atoms with Gasteiger partial charge >= 0.3 is 5.97 Å². The first kappa shape index (κ1) is 9.52. The number of carboxylic acid groups (broad SMARTS) is 1. The Morgan fingerprint density at radius 3 is 2.92 bits per heavy atom. The van der Waals surface area contributed by atoms with Gasteiger partial charge in [0.1, 0.15) is 0 Å². The number of hydrogen-bond donors (Lipinski definition) is 1. The van der Waals surface area contributed by atoms with Crippen LogP contribution in [-0.4, -0.2) is 35.6 Å². The molecule has 1 heterocycles. The quantitative estimate of drug-likeness (QED) is 0.678. The van der Waals surface area contributed by atoms with Crippen molar-refractivity contribution in [2.24, 2.45) is 5.92 Å². The van der Waals surface area contributed by atoms with Gasteiger partial charge in [-0.2, -0.15) is 0 Å². The molecule has 0 saturated carbocycles. The molecular formula is C9H17NO2. The van der Waals surface area contributed by atoms with Crippen molar-refractivity contribution in [3.05, 3.63) is 0 Å². The summed E-state index contributed by atoms with van der Waals surface area (Å²) in [5.74, 6) is 0.00602. The Kier molecular flexibility index (Phi) is 3.09. The van der Waals surface area contributed by atoms with Crippen molar-refractivity contribution >= 4 is 5.97 Å². The second-order valence-corrected chi connectivity index (χ2v) is 3.86. The summed E-state index contributed by atoms with van der Waals surface area (Å²) >= 11 is 0. The minimum atomic E-state index is -0.680. The molecule has 2 atom stereocenters. The smallest absolute Gasteiger partial charge is 0.304 e. The fourth-order valence-corrected chi connectivity index (χ4v) is 1.81. The fourth-order valence-electron chi connectivity index (χ4n) is 1.81. The standard InChI is InChI=1S/C9H17NO2/c1-7-3-4-10(2)8(5-7)6-9(11)12/h7-8H,3-6H2,1-2H3,(H,11,12). The zero-order valence-electron chi connectivity index (χ0n) is 7.79. The number of piperidine rings is 1. The number of hydrogen-bond acceptors (Lipinski definition) is 2. The first-order chi connectivity index (χ1) is 5.59. The maximum atomic E-state index is 10.5. The molecule has 1 saturated heterocycles. The molecule has 0 radical (unpaired) electrons. The maximum Gasteiger partial charge on any atom is 0.304 e. The molecule has 0 spiro atoms. The van der Waals surface area contributed by atoms with Crippen LogP contribution in [0, 0.1) is 5.92 Å². The molecule has 0 aromatic heterocycles. The summed E-state index contributed by atoms with van der Waals surface area (Å²) in [7, 11) is 2.01. The zero-order chi connectivity index (χ0) is 9.14. The molecule has 1 aliphatic heterocycles. The number of aliphatic carboxylic acids is 1. The molecular weight excluding hydrogens is 154 g/mol. The van der Waals surface area contributed by atoms with Crippen LogP contribution in [0.5, 0.6) is 0 Å². The number of rotatable bonds is 2. The summed E-state index contributed by atoms with van der Waals surface area (Å²) in [6.45, 7) is 3.24. The van der Waals surface area contributed by atoms with Crippen molar-refractivity contribution in [1.29, 1.82) is 0 Å². The van der Waals surface area contributed by atoms with Crippen molar-refractivity contribution in [2.45, 2.75) is 32.2 Å². The lowest BCUT2D eigenvalue weighted by atomic mass is 9.91. The Labute approximate surface area is 73.4 Å². The van der Waals surface area contributed by atoms with E-state index in [0.29, 0.717) is 12.3 Å². The minimum absolute atomic E-state index is 0.256. The monoisotopic (exact) mass is 171 g/mol. The molecule has 1 aliphatic rings. The predicted molar refractivity (Wildman–Crippen MR) is 47.1 cm³/mol. The summed E-state index contributed by atoms with van der Waals surface area (Å²) < 4.78 is 0. The molecule has 1 rings (SSSR count). The van der Waals surface area contributed by atoms with Gasteiger partial charge in [-0.15, -0.1) is 0 Å². The van der Waals surface area contributed by atoms with Gasteiger partial charge in [-0.05, 0) is 32.4 Å². The van der Waals surface area contributed by atoms with E-state index in [2.05, 4.69) is 11.8 Å². The molecule has 0 aliphatic carbocycles. The van der Waals surface area contributed by atoms with Crippen molar-refractivity contribution in [2.75, 3.05) is 13.6 Å². The Morgan fingerprint density at radius 1 is 1.67 bits per heavy atom. The Bertz CT molecular complexity index is 170. The van der Waals surface area contributed by atoms with Gasteiger partial charge in [0.2, 0.25) is 0 Å². The van der Waals surface area contributed by atoms with Gasteiger partial charge in [0.15, 0.2) is 0 Å². The van der Waals surface area contributed by atoms with E-state index in [4.69, 9.17) is 5.11 Å². The first-order valence-electron chi connectivity index (χ1n) is 4.51. The normalized spacial score (nSPS) is 31.8. The SMILES string of the molecule is CC1CCN(C)C(CC(=O)O)C1. The largest absolute Gasteiger partial charge is 0.481 e. The summed E-state index contributed by atoms with van der Waals surface area (Å²) in [6.07, 6.45) is 2.52. The van der Waals surface area contributed by atoms with E-state index < -0.39 is 5.97 Å². The predicted octanol–water partition coefficient (Wildman–Crippen LogP) is 1.19. The summed E-state index contributed by atoms with van der Waals surface area (Å²) in [4.78, 5) is 12.7. The highest BCUT2D eigenvalue weighted by molar-refractivity contribution is 5.67. The van der Waals surface area contributed by atoms with Crippen molar-refractivity contribution < 1.29 is 9.90 Å². The lowest BCUT2D eigenvalue weighted by molar-refractivity contribution is -0.138. The van der Waals surface area contributed by atoms with E-state index >= 15 is 0 Å². The molecule has 0 bridgehead atoms. The maximum absolute atomic E-state index is 10.5. The van der Waals surface area contributed by atoms with E-state index in [1.807, 2.05) is 7.05 Å². The Balaban J connectivity index is 2.43. The van der Waals surface area contributed by atoms with Crippen LogP contribution in [0.25, 0.3) is 0 Å². The number of carbonyl (C=O) groups is 1. The van der Waals surface area contributed by atoms with E-state index in [9.17, 15) is 4.79 Å². The third-order valence-electron chi connectivity index (χ3n) is 2.68. The van der Waals surface area contributed by atoms with Crippen LogP contribution < -0.4 is 0 Å². The van der Waals surface area contributed by atoms with Crippen LogP contribution in [0.15, 0.2) is 0 Å². The van der Waals surface area contributed by atoms with Crippen molar-refractivity contribution in [3.63, 3.8) is 0 Å². The van der Waals surface area contributed by atoms with E-state index in [1.54, 1.807) is 0 Å². The second-order valence-electron chi connectivity index (χ2n) is 3.86. The highest BCUT2D eigenvalue weighted by Gasteiger charge is 2.24. The van der Waals surface area contributed by atoms with Gasteiger partial charge in [0.25, 0.3) is 0 Å². The highest BCUT2D eigenvalue weighted by Crippen LogP contribution is 2.22. The molecule has 12 heavy (non-hydrogen) atoms.